The molecule has 0 atom stereocenters. The number of aliphatic imine (C=N–C) groups is 1. The number of H-pyrrole nitrogens is 1. The van der Waals surface area contributed by atoms with Crippen molar-refractivity contribution in [2.24, 2.45) is 4.99 Å². The van der Waals surface area contributed by atoms with Gasteiger partial charge in [-0.1, -0.05) is 48.5 Å². The molecule has 6 heteroatoms. The zero-order valence-electron chi connectivity index (χ0n) is 18.2. The van der Waals surface area contributed by atoms with Gasteiger partial charge in [0.2, 0.25) is 0 Å². The highest BCUT2D eigenvalue weighted by atomic mass is 15.2. The minimum absolute atomic E-state index is 0.529. The number of benzene rings is 2. The fourth-order valence-electron chi connectivity index (χ4n) is 3.87. The molecule has 0 unspecified atom stereocenters. The lowest BCUT2D eigenvalue weighted by atomic mass is 10.1. The molecule has 160 valence electrons. The van der Waals surface area contributed by atoms with Gasteiger partial charge >= 0.3 is 0 Å². The summed E-state index contributed by atoms with van der Waals surface area (Å²) in [5, 5.41) is 8.11. The molecule has 0 aliphatic carbocycles. The maximum atomic E-state index is 4.77. The number of aromatic nitrogens is 3. The van der Waals surface area contributed by atoms with E-state index in [9.17, 15) is 0 Å². The predicted octanol–water partition coefficient (Wildman–Crippen LogP) is 4.02. The molecule has 2 heterocycles. The van der Waals surface area contributed by atoms with Gasteiger partial charge in [0.15, 0.2) is 5.96 Å². The molecule has 0 saturated heterocycles. The zero-order chi connectivity index (χ0) is 21.5. The van der Waals surface area contributed by atoms with Gasteiger partial charge in [0.25, 0.3) is 0 Å². The summed E-state index contributed by atoms with van der Waals surface area (Å²) in [6, 6.07) is 18.9. The minimum atomic E-state index is 0.529. The number of nitrogens with zero attached hydrogens (tertiary/aromatic N) is 3. The van der Waals surface area contributed by atoms with Gasteiger partial charge in [-0.2, -0.15) is 0 Å². The van der Waals surface area contributed by atoms with Crippen LogP contribution in [0.25, 0.3) is 10.9 Å². The van der Waals surface area contributed by atoms with Crippen LogP contribution >= 0.6 is 0 Å². The van der Waals surface area contributed by atoms with E-state index in [1.54, 1.807) is 0 Å². The third-order valence-electron chi connectivity index (χ3n) is 5.41. The maximum absolute atomic E-state index is 4.77. The highest BCUT2D eigenvalue weighted by molar-refractivity contribution is 5.84. The van der Waals surface area contributed by atoms with Gasteiger partial charge in [0, 0.05) is 48.6 Å². The topological polar surface area (TPSA) is 70.0 Å². The lowest BCUT2D eigenvalue weighted by molar-refractivity contribution is 0.716. The van der Waals surface area contributed by atoms with Crippen LogP contribution in [0.15, 0.2) is 72.0 Å². The Kier molecular flexibility index (Phi) is 6.67. The van der Waals surface area contributed by atoms with E-state index in [0.29, 0.717) is 6.54 Å². The molecule has 0 radical (unpaired) electrons. The summed E-state index contributed by atoms with van der Waals surface area (Å²) >= 11 is 0. The van der Waals surface area contributed by atoms with E-state index in [4.69, 9.17) is 4.99 Å². The number of fused-ring (bicyclic) bond motifs is 1. The summed E-state index contributed by atoms with van der Waals surface area (Å²) in [5.74, 6) is 1.77. The van der Waals surface area contributed by atoms with Crippen molar-refractivity contribution in [2.45, 2.75) is 33.4 Å². The molecule has 0 aliphatic heterocycles. The molecular formula is C25H30N6. The molecular weight excluding hydrogens is 384 g/mol. The fraction of sp³-hybridized carbons (Fsp3) is 0.280. The second kappa shape index (κ2) is 9.98. The molecule has 6 nitrogen and oxygen atoms in total. The number of para-hydroxylation sites is 1. The van der Waals surface area contributed by atoms with Gasteiger partial charge in [0.05, 0.1) is 0 Å². The summed E-state index contributed by atoms with van der Waals surface area (Å²) in [6.45, 7) is 7.18. The quantitative estimate of drug-likeness (QED) is 0.301. The minimum Gasteiger partial charge on any atom is -0.358 e. The number of guanidine groups is 1. The highest BCUT2D eigenvalue weighted by Gasteiger charge is 2.08. The number of aryl methyl sites for hydroxylation is 1. The number of hydrogen-bond acceptors (Lipinski definition) is 2. The first-order chi connectivity index (χ1) is 15.2. The first kappa shape index (κ1) is 20.7. The van der Waals surface area contributed by atoms with Crippen molar-refractivity contribution >= 4 is 16.9 Å². The van der Waals surface area contributed by atoms with Crippen molar-refractivity contribution in [2.75, 3.05) is 13.1 Å². The molecule has 4 aromatic rings. The molecule has 4 rings (SSSR count). The Labute approximate surface area is 183 Å². The maximum Gasteiger partial charge on any atom is 0.191 e. The summed E-state index contributed by atoms with van der Waals surface area (Å²) in [4.78, 5) is 12.7. The largest absolute Gasteiger partial charge is 0.358 e. The third-order valence-corrected chi connectivity index (χ3v) is 5.41. The molecule has 0 amide bonds. The van der Waals surface area contributed by atoms with Crippen molar-refractivity contribution < 1.29 is 0 Å². The van der Waals surface area contributed by atoms with Crippen molar-refractivity contribution in [3.8, 4) is 0 Å². The van der Waals surface area contributed by atoms with E-state index < -0.39 is 0 Å². The average molecular weight is 415 g/mol. The molecule has 0 fully saturated rings. The lowest BCUT2D eigenvalue weighted by Crippen LogP contribution is -2.38. The number of hydrogen-bond donors (Lipinski definition) is 3. The molecule has 0 spiro atoms. The average Bonchev–Trinajstić information content (AvgIpc) is 3.36. The van der Waals surface area contributed by atoms with Crippen molar-refractivity contribution in [1.82, 2.24) is 25.2 Å². The Morgan fingerprint density at radius 1 is 1.06 bits per heavy atom. The number of aromatic amines is 1. The van der Waals surface area contributed by atoms with Crippen LogP contribution in [0.2, 0.25) is 0 Å². The van der Waals surface area contributed by atoms with Crippen LogP contribution in [0.1, 0.15) is 29.6 Å². The Balaban J connectivity index is 1.39. The third kappa shape index (κ3) is 5.15. The number of nitrogens with one attached hydrogen (secondary N) is 3. The Hall–Kier alpha value is -3.54. The van der Waals surface area contributed by atoms with Gasteiger partial charge in [-0.3, -0.25) is 0 Å². The van der Waals surface area contributed by atoms with E-state index in [1.165, 1.54) is 27.7 Å². The predicted molar refractivity (Wildman–Crippen MR) is 127 cm³/mol. The van der Waals surface area contributed by atoms with Crippen LogP contribution in [0.5, 0.6) is 0 Å². The molecule has 31 heavy (non-hydrogen) atoms. The Bertz CT molecular complexity index is 1140. The molecule has 2 aromatic heterocycles. The van der Waals surface area contributed by atoms with Crippen LogP contribution < -0.4 is 10.6 Å². The van der Waals surface area contributed by atoms with Crippen molar-refractivity contribution in [3.63, 3.8) is 0 Å². The Morgan fingerprint density at radius 2 is 1.87 bits per heavy atom. The highest BCUT2D eigenvalue weighted by Crippen LogP contribution is 2.21. The first-order valence-electron chi connectivity index (χ1n) is 10.9. The van der Waals surface area contributed by atoms with Crippen LogP contribution in [0.3, 0.4) is 0 Å². The van der Waals surface area contributed by atoms with Gasteiger partial charge in [-0.15, -0.1) is 0 Å². The van der Waals surface area contributed by atoms with Gasteiger partial charge < -0.3 is 20.2 Å². The summed E-state index contributed by atoms with van der Waals surface area (Å²) in [7, 11) is 0. The zero-order valence-corrected chi connectivity index (χ0v) is 18.2. The van der Waals surface area contributed by atoms with Crippen LogP contribution in [-0.2, 0) is 19.5 Å². The summed E-state index contributed by atoms with van der Waals surface area (Å²) < 4.78 is 2.15. The molecule has 0 aliphatic rings. The lowest BCUT2D eigenvalue weighted by Gasteiger charge is -2.12. The molecule has 0 saturated carbocycles. The molecule has 0 bridgehead atoms. The normalized spacial score (nSPS) is 11.7. The summed E-state index contributed by atoms with van der Waals surface area (Å²) in [6.07, 6.45) is 4.79. The van der Waals surface area contributed by atoms with Crippen LogP contribution in [-0.4, -0.2) is 33.6 Å². The first-order valence-corrected chi connectivity index (χ1v) is 10.9. The molecule has 3 N–H and O–H groups in total. The number of rotatable bonds is 8. The van der Waals surface area contributed by atoms with Gasteiger partial charge in [-0.05, 0) is 37.5 Å². The fourth-order valence-corrected chi connectivity index (χ4v) is 3.87. The van der Waals surface area contributed by atoms with Crippen LogP contribution in [0, 0.1) is 6.92 Å². The van der Waals surface area contributed by atoms with E-state index in [2.05, 4.69) is 87.5 Å². The van der Waals surface area contributed by atoms with E-state index >= 15 is 0 Å². The van der Waals surface area contributed by atoms with Crippen molar-refractivity contribution in [3.05, 3.63) is 89.6 Å². The smallest absolute Gasteiger partial charge is 0.191 e. The van der Waals surface area contributed by atoms with E-state index in [0.717, 1.165) is 37.8 Å². The monoisotopic (exact) mass is 414 g/mol. The van der Waals surface area contributed by atoms with E-state index in [-0.39, 0.29) is 0 Å². The van der Waals surface area contributed by atoms with Crippen LogP contribution in [0.4, 0.5) is 0 Å². The summed E-state index contributed by atoms with van der Waals surface area (Å²) in [5.41, 5.74) is 5.04. The second-order valence-electron chi connectivity index (χ2n) is 7.60. The van der Waals surface area contributed by atoms with E-state index in [1.807, 2.05) is 18.5 Å². The SMILES string of the molecule is CCNC(=NCc1nccn1Cc1ccccc1)NCCc1c(C)[nH]c2ccccc12. The van der Waals surface area contributed by atoms with Crippen molar-refractivity contribution in [1.29, 1.82) is 0 Å². The molecule has 2 aromatic carbocycles. The number of imidazole rings is 1. The van der Waals surface area contributed by atoms with Gasteiger partial charge in [0.1, 0.15) is 12.4 Å². The Morgan fingerprint density at radius 3 is 2.71 bits per heavy atom. The van der Waals surface area contributed by atoms with Gasteiger partial charge in [-0.25, -0.2) is 9.98 Å². The standard InChI is InChI=1S/C25H30N6/c1-3-26-25(28-14-13-21-19(2)30-23-12-8-7-11-22(21)23)29-17-24-27-15-16-31(24)18-20-9-5-4-6-10-20/h4-12,15-16,30H,3,13-14,17-18H2,1-2H3,(H2,26,28,29). The second-order valence-corrected chi connectivity index (χ2v) is 7.60.